The number of halogens is 7. The van der Waals surface area contributed by atoms with Gasteiger partial charge in [-0.1, -0.05) is 36.4 Å². The molecule has 220 valence electrons. The Morgan fingerprint density at radius 2 is 0.955 bits per heavy atom. The van der Waals surface area contributed by atoms with Gasteiger partial charge in [-0.2, -0.15) is 21.0 Å². The molecule has 16 heteroatoms. The summed E-state index contributed by atoms with van der Waals surface area (Å²) in [6, 6.07) is 16.4. The van der Waals surface area contributed by atoms with E-state index in [9.17, 15) is 31.4 Å². The Hall–Kier alpha value is -5.27. The van der Waals surface area contributed by atoms with Crippen molar-refractivity contribution in [2.75, 3.05) is 0 Å². The Bertz CT molecular complexity index is 1840. The Labute approximate surface area is 258 Å². The SMILES string of the molecule is N#Cc1c(F)c(F)c(C#N)c(-c2ccccc2O)c1F.N#Cc1c(F)c(F)c(C#N)c(I)c1F.OB(O)c1ccccc1O. The topological polar surface area (TPSA) is 176 Å². The van der Waals surface area contributed by atoms with Gasteiger partial charge in [0, 0.05) is 16.6 Å². The third-order valence-corrected chi connectivity index (χ3v) is 6.43. The highest BCUT2D eigenvalue weighted by molar-refractivity contribution is 14.1. The van der Waals surface area contributed by atoms with Crippen LogP contribution in [0.4, 0.5) is 26.3 Å². The van der Waals surface area contributed by atoms with Crippen LogP contribution < -0.4 is 5.46 Å². The van der Waals surface area contributed by atoms with Gasteiger partial charge in [0.1, 0.15) is 58.0 Å². The van der Waals surface area contributed by atoms with Gasteiger partial charge in [0.2, 0.25) is 0 Å². The van der Waals surface area contributed by atoms with Gasteiger partial charge in [0.15, 0.2) is 34.9 Å². The molecule has 0 saturated carbocycles. The summed E-state index contributed by atoms with van der Waals surface area (Å²) in [5.41, 5.74) is -4.48. The number of hydrogen-bond acceptors (Lipinski definition) is 8. The zero-order valence-electron chi connectivity index (χ0n) is 21.4. The van der Waals surface area contributed by atoms with E-state index < -0.39 is 75.6 Å². The number of nitrogens with zero attached hydrogens (tertiary/aromatic N) is 4. The standard InChI is InChI=1S/C14H5F3N2O.C8F3IN2.C6H7BO3/c15-12-9(6-19)14(17)13(16)8(5-18)11(12)7-3-1-2-4-10(7)20;9-5-3(1-13)7(11)8(12)4(2-14)6(5)10;8-6-4-2-1-3-5(6)7(9)10/h1-4,20H;;1-4,8-10H. The fraction of sp³-hybridized carbons (Fsp3) is 0. The van der Waals surface area contributed by atoms with E-state index in [0.717, 1.165) is 0 Å². The van der Waals surface area contributed by atoms with Crippen LogP contribution in [-0.4, -0.2) is 27.4 Å². The second kappa shape index (κ2) is 15.3. The molecular weight excluding hydrogens is 708 g/mol. The Morgan fingerprint density at radius 1 is 0.545 bits per heavy atom. The fourth-order valence-corrected chi connectivity index (χ4v) is 3.96. The van der Waals surface area contributed by atoms with E-state index in [1.54, 1.807) is 12.1 Å². The first-order chi connectivity index (χ1) is 20.8. The number of hydrogen-bond donors (Lipinski definition) is 4. The number of para-hydroxylation sites is 2. The minimum atomic E-state index is -1.72. The maximum absolute atomic E-state index is 14.1. The number of phenolic OH excluding ortho intramolecular Hbond substituents is 2. The van der Waals surface area contributed by atoms with Crippen LogP contribution in [0.1, 0.15) is 22.3 Å². The molecule has 44 heavy (non-hydrogen) atoms. The quantitative estimate of drug-likeness (QED) is 0.0994. The first kappa shape index (κ1) is 34.9. The monoisotopic (exact) mass is 720 g/mol. The van der Waals surface area contributed by atoms with Crippen LogP contribution in [0, 0.1) is 83.8 Å². The third kappa shape index (κ3) is 7.20. The largest absolute Gasteiger partial charge is 0.508 e. The molecule has 0 aliphatic rings. The lowest BCUT2D eigenvalue weighted by molar-refractivity contribution is 0.419. The highest BCUT2D eigenvalue weighted by Crippen LogP contribution is 2.37. The molecule has 0 radical (unpaired) electrons. The molecule has 0 fully saturated rings. The highest BCUT2D eigenvalue weighted by Gasteiger charge is 2.27. The summed E-state index contributed by atoms with van der Waals surface area (Å²) < 4.78 is 79.9. The molecule has 0 amide bonds. The summed E-state index contributed by atoms with van der Waals surface area (Å²) in [6.07, 6.45) is 0. The van der Waals surface area contributed by atoms with E-state index in [2.05, 4.69) is 0 Å². The summed E-state index contributed by atoms with van der Waals surface area (Å²) in [5.74, 6) is -9.57. The van der Waals surface area contributed by atoms with E-state index >= 15 is 0 Å². The van der Waals surface area contributed by atoms with E-state index in [1.165, 1.54) is 83.3 Å². The highest BCUT2D eigenvalue weighted by atomic mass is 127. The Morgan fingerprint density at radius 3 is 1.39 bits per heavy atom. The molecule has 0 aliphatic carbocycles. The van der Waals surface area contributed by atoms with Crippen molar-refractivity contribution in [1.82, 2.24) is 0 Å². The zero-order chi connectivity index (χ0) is 33.3. The van der Waals surface area contributed by atoms with Gasteiger partial charge in [-0.05, 0) is 34.7 Å². The lowest BCUT2D eigenvalue weighted by Gasteiger charge is -2.10. The van der Waals surface area contributed by atoms with Gasteiger partial charge < -0.3 is 20.3 Å². The predicted octanol–water partition coefficient (Wildman–Crippen LogP) is 4.74. The molecule has 4 aromatic carbocycles. The zero-order valence-corrected chi connectivity index (χ0v) is 23.6. The van der Waals surface area contributed by atoms with Crippen LogP contribution in [0.3, 0.4) is 0 Å². The summed E-state index contributed by atoms with van der Waals surface area (Å²) in [4.78, 5) is 0. The van der Waals surface area contributed by atoms with Gasteiger partial charge in [-0.3, -0.25) is 0 Å². The van der Waals surface area contributed by atoms with E-state index in [1.807, 2.05) is 0 Å². The molecule has 0 saturated heterocycles. The normalized spacial score (nSPS) is 9.57. The van der Waals surface area contributed by atoms with Gasteiger partial charge in [-0.25, -0.2) is 26.3 Å². The summed E-state index contributed by atoms with van der Waals surface area (Å²) >= 11 is 1.34. The second-order valence-electron chi connectivity index (χ2n) is 7.97. The van der Waals surface area contributed by atoms with Crippen LogP contribution in [0.2, 0.25) is 0 Å². The molecule has 4 N–H and O–H groups in total. The molecule has 0 unspecified atom stereocenters. The predicted molar refractivity (Wildman–Crippen MR) is 149 cm³/mol. The van der Waals surface area contributed by atoms with Crippen LogP contribution in [0.25, 0.3) is 11.1 Å². The molecule has 0 aliphatic heterocycles. The number of rotatable bonds is 2. The van der Waals surface area contributed by atoms with E-state index in [4.69, 9.17) is 36.2 Å². The van der Waals surface area contributed by atoms with Crippen molar-refractivity contribution in [3.63, 3.8) is 0 Å². The average molecular weight is 720 g/mol. The maximum Gasteiger partial charge on any atom is 0.492 e. The number of phenols is 2. The smallest absolute Gasteiger partial charge is 0.492 e. The van der Waals surface area contributed by atoms with Crippen molar-refractivity contribution in [2.24, 2.45) is 0 Å². The molecule has 0 atom stereocenters. The van der Waals surface area contributed by atoms with Gasteiger partial charge in [0.05, 0.1) is 3.57 Å². The van der Waals surface area contributed by atoms with Gasteiger partial charge in [-0.15, -0.1) is 0 Å². The maximum atomic E-state index is 14.1. The summed E-state index contributed by atoms with van der Waals surface area (Å²) in [5, 5.41) is 70.1. The molecule has 4 aromatic rings. The van der Waals surface area contributed by atoms with Crippen LogP contribution in [-0.2, 0) is 0 Å². The van der Waals surface area contributed by atoms with Crippen LogP contribution in [0.5, 0.6) is 11.5 Å². The molecule has 0 aromatic heterocycles. The Kier molecular flexibility index (Phi) is 12.1. The molecule has 0 spiro atoms. The van der Waals surface area contributed by atoms with Gasteiger partial charge >= 0.3 is 7.12 Å². The number of benzene rings is 4. The van der Waals surface area contributed by atoms with Gasteiger partial charge in [0.25, 0.3) is 0 Å². The van der Waals surface area contributed by atoms with Crippen molar-refractivity contribution in [3.8, 4) is 46.9 Å². The number of aromatic hydroxyl groups is 2. The summed E-state index contributed by atoms with van der Waals surface area (Å²) in [6.45, 7) is 0. The first-order valence-corrected chi connectivity index (χ1v) is 12.5. The van der Waals surface area contributed by atoms with Crippen LogP contribution in [0.15, 0.2) is 48.5 Å². The molecule has 0 bridgehead atoms. The van der Waals surface area contributed by atoms with Crippen LogP contribution >= 0.6 is 22.6 Å². The summed E-state index contributed by atoms with van der Waals surface area (Å²) in [7, 11) is -1.60. The molecule has 8 nitrogen and oxygen atoms in total. The molecule has 0 heterocycles. The first-order valence-electron chi connectivity index (χ1n) is 11.4. The third-order valence-electron chi connectivity index (χ3n) is 5.42. The minimum Gasteiger partial charge on any atom is -0.508 e. The number of nitriles is 4. The van der Waals surface area contributed by atoms with Crippen molar-refractivity contribution in [1.29, 1.82) is 21.0 Å². The Balaban J connectivity index is 0.000000245. The lowest BCUT2D eigenvalue weighted by atomic mass is 9.80. The van der Waals surface area contributed by atoms with E-state index in [-0.39, 0.29) is 20.3 Å². The fourth-order valence-electron chi connectivity index (χ4n) is 3.34. The molecule has 4 rings (SSSR count). The average Bonchev–Trinajstić information content (AvgIpc) is 3.00. The molecular formula is C28H12BF6IN4O4. The second-order valence-corrected chi connectivity index (χ2v) is 9.05. The lowest BCUT2D eigenvalue weighted by Crippen LogP contribution is -2.29. The van der Waals surface area contributed by atoms with Crippen molar-refractivity contribution < 1.29 is 46.6 Å². The van der Waals surface area contributed by atoms with Crippen molar-refractivity contribution in [2.45, 2.75) is 0 Å². The van der Waals surface area contributed by atoms with Crippen molar-refractivity contribution >= 4 is 35.2 Å². The van der Waals surface area contributed by atoms with Crippen molar-refractivity contribution in [3.05, 3.63) is 109 Å². The minimum absolute atomic E-state index is 0.0995. The van der Waals surface area contributed by atoms with E-state index in [0.29, 0.717) is 0 Å².